The first-order valence-electron chi connectivity index (χ1n) is 8.14. The Kier molecular flexibility index (Phi) is 4.96. The summed E-state index contributed by atoms with van der Waals surface area (Å²) in [5, 5.41) is 5.98. The number of piperazine rings is 1. The van der Waals surface area contributed by atoms with Gasteiger partial charge in [-0.1, -0.05) is 0 Å². The SMILES string of the molecule is CC(=O)Nc1ccc(Nc2ccc(N3CCN(C)CC3)cc2)cn1. The van der Waals surface area contributed by atoms with E-state index in [-0.39, 0.29) is 5.91 Å². The molecular weight excluding hydrogens is 302 g/mol. The lowest BCUT2D eigenvalue weighted by atomic mass is 10.2. The van der Waals surface area contributed by atoms with Crippen LogP contribution >= 0.6 is 0 Å². The van der Waals surface area contributed by atoms with Crippen LogP contribution < -0.4 is 15.5 Å². The van der Waals surface area contributed by atoms with Gasteiger partial charge in [-0.25, -0.2) is 4.98 Å². The summed E-state index contributed by atoms with van der Waals surface area (Å²) < 4.78 is 0. The van der Waals surface area contributed by atoms with Crippen molar-refractivity contribution in [1.29, 1.82) is 0 Å². The van der Waals surface area contributed by atoms with Crippen LogP contribution in [-0.2, 0) is 4.79 Å². The molecular formula is C18H23N5O. The first-order chi connectivity index (χ1) is 11.6. The standard InChI is InChI=1S/C18H23N5O/c1-14(24)20-18-8-5-16(13-19-18)21-15-3-6-17(7-4-15)23-11-9-22(2)10-12-23/h3-8,13,21H,9-12H2,1-2H3,(H,19,20,24). The summed E-state index contributed by atoms with van der Waals surface area (Å²) in [6, 6.07) is 12.1. The normalized spacial score (nSPS) is 15.2. The number of carbonyl (C=O) groups excluding carboxylic acids is 1. The summed E-state index contributed by atoms with van der Waals surface area (Å²) >= 11 is 0. The van der Waals surface area contributed by atoms with Gasteiger partial charge in [-0.15, -0.1) is 0 Å². The highest BCUT2D eigenvalue weighted by atomic mass is 16.1. The first-order valence-corrected chi connectivity index (χ1v) is 8.14. The average molecular weight is 325 g/mol. The first kappa shape index (κ1) is 16.3. The van der Waals surface area contributed by atoms with Crippen LogP contribution in [0.1, 0.15) is 6.92 Å². The van der Waals surface area contributed by atoms with Crippen molar-refractivity contribution in [1.82, 2.24) is 9.88 Å². The van der Waals surface area contributed by atoms with Crippen molar-refractivity contribution in [2.45, 2.75) is 6.92 Å². The lowest BCUT2D eigenvalue weighted by molar-refractivity contribution is -0.114. The molecule has 1 aliphatic heterocycles. The van der Waals surface area contributed by atoms with E-state index in [0.29, 0.717) is 5.82 Å². The van der Waals surface area contributed by atoms with Gasteiger partial charge in [-0.2, -0.15) is 0 Å². The summed E-state index contributed by atoms with van der Waals surface area (Å²) in [5.41, 5.74) is 3.16. The Labute approximate surface area is 142 Å². The Morgan fingerprint density at radius 3 is 2.25 bits per heavy atom. The molecule has 1 amide bonds. The van der Waals surface area contributed by atoms with Crippen LogP contribution in [0.5, 0.6) is 0 Å². The monoisotopic (exact) mass is 325 g/mol. The van der Waals surface area contributed by atoms with E-state index in [1.54, 1.807) is 12.3 Å². The van der Waals surface area contributed by atoms with Gasteiger partial charge in [0.1, 0.15) is 5.82 Å². The molecule has 1 aliphatic rings. The van der Waals surface area contributed by atoms with E-state index in [1.165, 1.54) is 12.6 Å². The van der Waals surface area contributed by atoms with E-state index in [2.05, 4.69) is 56.7 Å². The number of pyridine rings is 1. The molecule has 0 saturated carbocycles. The van der Waals surface area contributed by atoms with Gasteiger partial charge in [0.25, 0.3) is 0 Å². The minimum Gasteiger partial charge on any atom is -0.369 e. The molecule has 0 aliphatic carbocycles. The number of amides is 1. The van der Waals surface area contributed by atoms with E-state index in [0.717, 1.165) is 37.6 Å². The van der Waals surface area contributed by atoms with Gasteiger partial charge in [0.05, 0.1) is 11.9 Å². The van der Waals surface area contributed by atoms with Crippen molar-refractivity contribution in [2.75, 3.05) is 48.8 Å². The van der Waals surface area contributed by atoms with Gasteiger partial charge in [-0.05, 0) is 43.4 Å². The highest BCUT2D eigenvalue weighted by Gasteiger charge is 2.13. The number of hydrogen-bond donors (Lipinski definition) is 2. The number of nitrogens with zero attached hydrogens (tertiary/aromatic N) is 3. The third kappa shape index (κ3) is 4.23. The summed E-state index contributed by atoms with van der Waals surface area (Å²) in [5.74, 6) is 0.432. The summed E-state index contributed by atoms with van der Waals surface area (Å²) in [7, 11) is 2.16. The van der Waals surface area contributed by atoms with E-state index >= 15 is 0 Å². The molecule has 0 bridgehead atoms. The molecule has 126 valence electrons. The number of aromatic nitrogens is 1. The van der Waals surface area contributed by atoms with E-state index in [1.807, 2.05) is 6.07 Å². The zero-order valence-electron chi connectivity index (χ0n) is 14.1. The molecule has 0 atom stereocenters. The van der Waals surface area contributed by atoms with Crippen LogP contribution in [0.15, 0.2) is 42.6 Å². The number of anilines is 4. The molecule has 1 saturated heterocycles. The molecule has 2 aromatic rings. The van der Waals surface area contributed by atoms with Crippen molar-refractivity contribution >= 4 is 28.8 Å². The largest absolute Gasteiger partial charge is 0.369 e. The second-order valence-corrected chi connectivity index (χ2v) is 6.08. The molecule has 6 heteroatoms. The maximum Gasteiger partial charge on any atom is 0.222 e. The summed E-state index contributed by atoms with van der Waals surface area (Å²) in [6.07, 6.45) is 1.71. The maximum absolute atomic E-state index is 11.0. The van der Waals surface area contributed by atoms with Crippen LogP contribution in [0.4, 0.5) is 22.9 Å². The van der Waals surface area contributed by atoms with Crippen molar-refractivity contribution in [3.05, 3.63) is 42.6 Å². The second kappa shape index (κ2) is 7.31. The molecule has 1 aromatic carbocycles. The molecule has 2 heterocycles. The zero-order valence-corrected chi connectivity index (χ0v) is 14.1. The van der Waals surface area contributed by atoms with Crippen LogP contribution in [0.3, 0.4) is 0 Å². The topological polar surface area (TPSA) is 60.5 Å². The number of likely N-dealkylation sites (N-methyl/N-ethyl adjacent to an activating group) is 1. The van der Waals surface area contributed by atoms with E-state index in [9.17, 15) is 4.79 Å². The Bertz CT molecular complexity index is 676. The molecule has 0 radical (unpaired) electrons. The van der Waals surface area contributed by atoms with Crippen LogP contribution in [0.2, 0.25) is 0 Å². The van der Waals surface area contributed by atoms with E-state index in [4.69, 9.17) is 0 Å². The molecule has 2 N–H and O–H groups in total. The number of nitrogens with one attached hydrogen (secondary N) is 2. The van der Waals surface area contributed by atoms with Crippen molar-refractivity contribution in [3.8, 4) is 0 Å². The number of rotatable bonds is 4. The fourth-order valence-corrected chi connectivity index (χ4v) is 2.71. The molecule has 1 aromatic heterocycles. The second-order valence-electron chi connectivity index (χ2n) is 6.08. The third-order valence-corrected chi connectivity index (χ3v) is 4.09. The van der Waals surface area contributed by atoms with Gasteiger partial charge in [0.15, 0.2) is 0 Å². The lowest BCUT2D eigenvalue weighted by Gasteiger charge is -2.34. The molecule has 0 unspecified atom stereocenters. The Balaban J connectivity index is 1.60. The fourth-order valence-electron chi connectivity index (χ4n) is 2.71. The van der Waals surface area contributed by atoms with Crippen molar-refractivity contribution in [2.24, 2.45) is 0 Å². The smallest absolute Gasteiger partial charge is 0.222 e. The van der Waals surface area contributed by atoms with Crippen molar-refractivity contribution in [3.63, 3.8) is 0 Å². The zero-order chi connectivity index (χ0) is 16.9. The average Bonchev–Trinajstić information content (AvgIpc) is 2.58. The summed E-state index contributed by atoms with van der Waals surface area (Å²) in [6.45, 7) is 5.81. The highest BCUT2D eigenvalue weighted by Crippen LogP contribution is 2.22. The highest BCUT2D eigenvalue weighted by molar-refractivity contribution is 5.87. The third-order valence-electron chi connectivity index (χ3n) is 4.09. The minimum atomic E-state index is -0.122. The number of carbonyl (C=O) groups is 1. The predicted molar refractivity (Wildman–Crippen MR) is 98.0 cm³/mol. The quantitative estimate of drug-likeness (QED) is 0.904. The maximum atomic E-state index is 11.0. The van der Waals surface area contributed by atoms with Gasteiger partial charge < -0.3 is 20.4 Å². The predicted octanol–water partition coefficient (Wildman–Crippen LogP) is 2.54. The molecule has 24 heavy (non-hydrogen) atoms. The van der Waals surface area contributed by atoms with Gasteiger partial charge in [0, 0.05) is 44.5 Å². The van der Waals surface area contributed by atoms with Gasteiger partial charge >= 0.3 is 0 Å². The lowest BCUT2D eigenvalue weighted by Crippen LogP contribution is -2.44. The molecule has 0 spiro atoms. The molecule has 1 fully saturated rings. The minimum absolute atomic E-state index is 0.122. The fraction of sp³-hybridized carbons (Fsp3) is 0.333. The molecule has 6 nitrogen and oxygen atoms in total. The Hall–Kier alpha value is -2.60. The van der Waals surface area contributed by atoms with Crippen LogP contribution in [-0.4, -0.2) is 49.0 Å². The molecule has 3 rings (SSSR count). The van der Waals surface area contributed by atoms with Crippen LogP contribution in [0.25, 0.3) is 0 Å². The van der Waals surface area contributed by atoms with E-state index < -0.39 is 0 Å². The van der Waals surface area contributed by atoms with Gasteiger partial charge in [0.2, 0.25) is 5.91 Å². The number of benzene rings is 1. The number of hydrogen-bond acceptors (Lipinski definition) is 5. The Morgan fingerprint density at radius 1 is 1.00 bits per heavy atom. The van der Waals surface area contributed by atoms with Crippen LogP contribution in [0, 0.1) is 0 Å². The Morgan fingerprint density at radius 2 is 1.67 bits per heavy atom. The summed E-state index contributed by atoms with van der Waals surface area (Å²) in [4.78, 5) is 20.0. The van der Waals surface area contributed by atoms with Crippen molar-refractivity contribution < 1.29 is 4.79 Å². The van der Waals surface area contributed by atoms with Gasteiger partial charge in [-0.3, -0.25) is 4.79 Å².